The molecule has 0 amide bonds. The number of likely N-dealkylation sites (tertiary alicyclic amines) is 1. The first-order valence-electron chi connectivity index (χ1n) is 8.22. The van der Waals surface area contributed by atoms with E-state index < -0.39 is 6.10 Å². The number of aliphatic hydroxyl groups is 1. The van der Waals surface area contributed by atoms with Crippen molar-refractivity contribution in [3.05, 3.63) is 18.2 Å². The van der Waals surface area contributed by atoms with Gasteiger partial charge in [-0.15, -0.1) is 0 Å². The Labute approximate surface area is 121 Å². The van der Waals surface area contributed by atoms with Crippen LogP contribution >= 0.6 is 0 Å². The minimum atomic E-state index is -0.446. The van der Waals surface area contributed by atoms with Crippen LogP contribution in [0.1, 0.15) is 63.8 Å². The van der Waals surface area contributed by atoms with Crippen LogP contribution in [-0.2, 0) is 6.54 Å². The van der Waals surface area contributed by atoms with Crippen LogP contribution in [0.5, 0.6) is 0 Å². The van der Waals surface area contributed by atoms with E-state index in [0.717, 1.165) is 38.3 Å². The fourth-order valence-electron chi connectivity index (χ4n) is 4.17. The molecular formula is C16H27N3O. The third-order valence-electron chi connectivity index (χ3n) is 5.30. The van der Waals surface area contributed by atoms with Gasteiger partial charge in [-0.05, 0) is 45.7 Å². The van der Waals surface area contributed by atoms with Gasteiger partial charge in [0.2, 0.25) is 0 Å². The number of aromatic nitrogens is 2. The van der Waals surface area contributed by atoms with E-state index in [1.807, 2.05) is 12.4 Å². The Bertz CT molecular complexity index is 431. The number of aryl methyl sites for hydroxylation is 1. The van der Waals surface area contributed by atoms with Crippen molar-refractivity contribution >= 4 is 0 Å². The molecule has 4 nitrogen and oxygen atoms in total. The molecule has 1 aromatic rings. The summed E-state index contributed by atoms with van der Waals surface area (Å²) in [6.07, 6.45) is 12.0. The largest absolute Gasteiger partial charge is 0.383 e. The van der Waals surface area contributed by atoms with E-state index in [1.165, 1.54) is 32.1 Å². The molecule has 1 saturated heterocycles. The van der Waals surface area contributed by atoms with Crippen LogP contribution in [-0.4, -0.2) is 38.2 Å². The van der Waals surface area contributed by atoms with Crippen LogP contribution < -0.4 is 0 Å². The van der Waals surface area contributed by atoms with Crippen LogP contribution in [0.3, 0.4) is 0 Å². The predicted molar refractivity (Wildman–Crippen MR) is 79.5 cm³/mol. The molecular weight excluding hydrogens is 250 g/mol. The highest BCUT2D eigenvalue weighted by atomic mass is 16.3. The van der Waals surface area contributed by atoms with E-state index in [-0.39, 0.29) is 5.54 Å². The second kappa shape index (κ2) is 5.86. The van der Waals surface area contributed by atoms with Gasteiger partial charge in [0.1, 0.15) is 11.9 Å². The first-order chi connectivity index (χ1) is 9.78. The fourth-order valence-corrected chi connectivity index (χ4v) is 4.17. The summed E-state index contributed by atoms with van der Waals surface area (Å²) in [6.45, 7) is 5.27. The summed E-state index contributed by atoms with van der Waals surface area (Å²) < 4.78 is 2.09. The lowest BCUT2D eigenvalue weighted by Crippen LogP contribution is -2.53. The molecule has 1 aliphatic heterocycles. The van der Waals surface area contributed by atoms with Crippen molar-refractivity contribution in [3.63, 3.8) is 0 Å². The minimum absolute atomic E-state index is 0.0569. The Morgan fingerprint density at radius 1 is 1.20 bits per heavy atom. The molecule has 1 atom stereocenters. The summed E-state index contributed by atoms with van der Waals surface area (Å²) in [6, 6.07) is 0. The Kier molecular flexibility index (Phi) is 4.13. The standard InChI is InChI=1S/C16H27N3O/c1-2-18-13-10-17-15(18)14(20)16(8-4-5-9-16)19-11-6-3-7-12-19/h10,13-14,20H,2-9,11-12H2,1H3. The molecule has 0 aromatic carbocycles. The van der Waals surface area contributed by atoms with Crippen molar-refractivity contribution in [3.8, 4) is 0 Å². The van der Waals surface area contributed by atoms with Gasteiger partial charge in [0, 0.05) is 18.9 Å². The Hall–Kier alpha value is -0.870. The lowest BCUT2D eigenvalue weighted by atomic mass is 9.85. The summed E-state index contributed by atoms with van der Waals surface area (Å²) in [5, 5.41) is 11.1. The summed E-state index contributed by atoms with van der Waals surface area (Å²) in [7, 11) is 0. The molecule has 0 radical (unpaired) electrons. The van der Waals surface area contributed by atoms with Crippen molar-refractivity contribution in [2.24, 2.45) is 0 Å². The molecule has 2 fully saturated rings. The van der Waals surface area contributed by atoms with E-state index in [9.17, 15) is 5.11 Å². The number of piperidine rings is 1. The van der Waals surface area contributed by atoms with Gasteiger partial charge in [-0.25, -0.2) is 4.98 Å². The highest BCUT2D eigenvalue weighted by Gasteiger charge is 2.47. The van der Waals surface area contributed by atoms with Gasteiger partial charge >= 0.3 is 0 Å². The van der Waals surface area contributed by atoms with E-state index >= 15 is 0 Å². The second-order valence-corrected chi connectivity index (χ2v) is 6.33. The molecule has 2 aliphatic rings. The van der Waals surface area contributed by atoms with Crippen LogP contribution in [0, 0.1) is 0 Å². The molecule has 1 aliphatic carbocycles. The number of imidazole rings is 1. The first kappa shape index (κ1) is 14.1. The molecule has 2 heterocycles. The van der Waals surface area contributed by atoms with Gasteiger partial charge in [0.05, 0.1) is 5.54 Å². The SMILES string of the molecule is CCn1ccnc1C(O)C1(N2CCCCC2)CCCC1. The number of rotatable bonds is 4. The van der Waals surface area contributed by atoms with Crippen LogP contribution in [0.25, 0.3) is 0 Å². The van der Waals surface area contributed by atoms with Gasteiger partial charge in [-0.3, -0.25) is 4.90 Å². The van der Waals surface area contributed by atoms with Crippen molar-refractivity contribution in [2.75, 3.05) is 13.1 Å². The second-order valence-electron chi connectivity index (χ2n) is 6.33. The lowest BCUT2D eigenvalue weighted by Gasteiger charge is -2.46. The van der Waals surface area contributed by atoms with Gasteiger partial charge < -0.3 is 9.67 Å². The Morgan fingerprint density at radius 3 is 2.55 bits per heavy atom. The molecule has 0 bridgehead atoms. The first-order valence-corrected chi connectivity index (χ1v) is 8.22. The summed E-state index contributed by atoms with van der Waals surface area (Å²) >= 11 is 0. The molecule has 1 N–H and O–H groups in total. The van der Waals surface area contributed by atoms with Gasteiger partial charge in [-0.2, -0.15) is 0 Å². The summed E-state index contributed by atoms with van der Waals surface area (Å²) in [4.78, 5) is 7.03. The van der Waals surface area contributed by atoms with Crippen molar-refractivity contribution in [1.29, 1.82) is 0 Å². The quantitative estimate of drug-likeness (QED) is 0.920. The maximum Gasteiger partial charge on any atom is 0.139 e. The monoisotopic (exact) mass is 277 g/mol. The zero-order chi connectivity index (χ0) is 14.0. The number of aliphatic hydroxyl groups excluding tert-OH is 1. The molecule has 1 aromatic heterocycles. The number of nitrogens with zero attached hydrogens (tertiary/aromatic N) is 3. The topological polar surface area (TPSA) is 41.3 Å². The van der Waals surface area contributed by atoms with Gasteiger partial charge in [0.15, 0.2) is 0 Å². The van der Waals surface area contributed by atoms with E-state index in [0.29, 0.717) is 0 Å². The molecule has 0 spiro atoms. The Morgan fingerprint density at radius 2 is 1.90 bits per heavy atom. The smallest absolute Gasteiger partial charge is 0.139 e. The third-order valence-corrected chi connectivity index (χ3v) is 5.30. The fraction of sp³-hybridized carbons (Fsp3) is 0.812. The van der Waals surface area contributed by atoms with Crippen LogP contribution in [0.4, 0.5) is 0 Å². The molecule has 112 valence electrons. The number of hydrogen-bond acceptors (Lipinski definition) is 3. The average molecular weight is 277 g/mol. The zero-order valence-electron chi connectivity index (χ0n) is 12.6. The van der Waals surface area contributed by atoms with Crippen molar-refractivity contribution in [2.45, 2.75) is 70.1 Å². The normalized spacial score (nSPS) is 24.9. The Balaban J connectivity index is 1.89. The van der Waals surface area contributed by atoms with Gasteiger partial charge in [0.25, 0.3) is 0 Å². The molecule has 3 rings (SSSR count). The average Bonchev–Trinajstić information content (AvgIpc) is 3.17. The minimum Gasteiger partial charge on any atom is -0.383 e. The van der Waals surface area contributed by atoms with Crippen molar-refractivity contribution < 1.29 is 5.11 Å². The molecule has 20 heavy (non-hydrogen) atoms. The van der Waals surface area contributed by atoms with Gasteiger partial charge in [-0.1, -0.05) is 19.3 Å². The molecule has 1 saturated carbocycles. The van der Waals surface area contributed by atoms with E-state index in [1.54, 1.807) is 0 Å². The van der Waals surface area contributed by atoms with E-state index in [4.69, 9.17) is 0 Å². The maximum absolute atomic E-state index is 11.1. The molecule has 4 heteroatoms. The molecule has 1 unspecified atom stereocenters. The summed E-state index contributed by atoms with van der Waals surface area (Å²) in [5.41, 5.74) is -0.0569. The summed E-state index contributed by atoms with van der Waals surface area (Å²) in [5.74, 6) is 0.861. The number of hydrogen-bond donors (Lipinski definition) is 1. The lowest BCUT2D eigenvalue weighted by molar-refractivity contribution is -0.0460. The predicted octanol–water partition coefficient (Wildman–Crippen LogP) is 2.74. The highest BCUT2D eigenvalue weighted by Crippen LogP contribution is 2.45. The van der Waals surface area contributed by atoms with Crippen LogP contribution in [0.15, 0.2) is 12.4 Å². The maximum atomic E-state index is 11.1. The zero-order valence-corrected chi connectivity index (χ0v) is 12.6. The van der Waals surface area contributed by atoms with Crippen LogP contribution in [0.2, 0.25) is 0 Å². The third kappa shape index (κ3) is 2.29. The van der Waals surface area contributed by atoms with Crippen molar-refractivity contribution in [1.82, 2.24) is 14.5 Å². The highest BCUT2D eigenvalue weighted by molar-refractivity contribution is 5.10. The van der Waals surface area contributed by atoms with E-state index in [2.05, 4.69) is 21.4 Å².